The fourth-order valence-electron chi connectivity index (χ4n) is 3.16. The van der Waals surface area contributed by atoms with E-state index in [4.69, 9.17) is 0 Å². The van der Waals surface area contributed by atoms with E-state index in [2.05, 4.69) is 4.98 Å². The van der Waals surface area contributed by atoms with Crippen molar-refractivity contribution in [1.82, 2.24) is 4.98 Å². The molecule has 0 amide bonds. The van der Waals surface area contributed by atoms with Crippen molar-refractivity contribution in [2.75, 3.05) is 0 Å². The highest BCUT2D eigenvalue weighted by atomic mass is 19.4. The van der Waals surface area contributed by atoms with Crippen LogP contribution in [0.5, 0.6) is 0 Å². The summed E-state index contributed by atoms with van der Waals surface area (Å²) in [4.78, 5) is 4.13. The van der Waals surface area contributed by atoms with E-state index < -0.39 is 46.3 Å². The van der Waals surface area contributed by atoms with Gasteiger partial charge in [-0.25, -0.2) is 0 Å². The number of rotatable bonds is 2. The lowest BCUT2D eigenvalue weighted by molar-refractivity contribution is -0.147. The number of alkyl halides is 9. The van der Waals surface area contributed by atoms with Gasteiger partial charge in [-0.1, -0.05) is 30.3 Å². The lowest BCUT2D eigenvalue weighted by atomic mass is 9.87. The molecule has 0 aliphatic carbocycles. The Kier molecular flexibility index (Phi) is 5.54. The molecule has 1 heterocycles. The van der Waals surface area contributed by atoms with Gasteiger partial charge in [-0.2, -0.15) is 39.5 Å². The molecule has 0 N–H and O–H groups in total. The highest BCUT2D eigenvalue weighted by Crippen LogP contribution is 2.49. The first-order valence-corrected chi connectivity index (χ1v) is 8.62. The van der Waals surface area contributed by atoms with E-state index in [1.54, 1.807) is 13.0 Å². The third-order valence-corrected chi connectivity index (χ3v) is 4.44. The molecule has 0 radical (unpaired) electrons. The monoisotopic (exact) mass is 449 g/mol. The Morgan fingerprint density at radius 1 is 0.613 bits per heavy atom. The van der Waals surface area contributed by atoms with Crippen LogP contribution < -0.4 is 0 Å². The molecule has 0 spiro atoms. The molecular formula is C21H12F9N. The lowest BCUT2D eigenvalue weighted by Gasteiger charge is -2.23. The first kappa shape index (κ1) is 22.6. The van der Waals surface area contributed by atoms with E-state index in [0.29, 0.717) is 5.69 Å². The van der Waals surface area contributed by atoms with Gasteiger partial charge in [0.15, 0.2) is 0 Å². The van der Waals surface area contributed by atoms with Gasteiger partial charge in [-0.3, -0.25) is 4.98 Å². The molecule has 1 aromatic heterocycles. The minimum Gasteiger partial charge on any atom is -0.253 e. The fraction of sp³-hybridized carbons (Fsp3) is 0.190. The number of halogens is 9. The van der Waals surface area contributed by atoms with E-state index in [1.807, 2.05) is 0 Å². The summed E-state index contributed by atoms with van der Waals surface area (Å²) in [6, 6.07) is 8.71. The van der Waals surface area contributed by atoms with Crippen molar-refractivity contribution in [2.45, 2.75) is 25.5 Å². The Hall–Kier alpha value is -3.04. The maximum atomic E-state index is 13.7. The molecule has 0 atom stereocenters. The summed E-state index contributed by atoms with van der Waals surface area (Å²) >= 11 is 0. The summed E-state index contributed by atoms with van der Waals surface area (Å²) < 4.78 is 122. The molecule has 10 heteroatoms. The van der Waals surface area contributed by atoms with E-state index in [9.17, 15) is 39.5 Å². The Labute approximate surface area is 170 Å². The van der Waals surface area contributed by atoms with Gasteiger partial charge >= 0.3 is 18.5 Å². The molecule has 0 unspecified atom stereocenters. The van der Waals surface area contributed by atoms with Crippen LogP contribution in [0.4, 0.5) is 39.5 Å². The molecule has 31 heavy (non-hydrogen) atoms. The normalized spacial score (nSPS) is 12.8. The topological polar surface area (TPSA) is 12.9 Å². The second-order valence-electron chi connectivity index (χ2n) is 6.65. The number of benzene rings is 2. The van der Waals surface area contributed by atoms with Crippen LogP contribution in [0.25, 0.3) is 22.4 Å². The standard InChI is InChI=1S/C21H12F9N/c1-11-5-4-8-17(31-11)13-6-2-3-7-14(13)18-15(20(25,26)27)9-12(19(22,23)24)10-16(18)21(28,29)30/h2-10H,1H3. The van der Waals surface area contributed by atoms with E-state index in [-0.39, 0.29) is 23.4 Å². The molecule has 0 bridgehead atoms. The summed E-state index contributed by atoms with van der Waals surface area (Å²) in [6.07, 6.45) is -16.4. The third kappa shape index (κ3) is 4.67. The molecule has 0 fully saturated rings. The summed E-state index contributed by atoms with van der Waals surface area (Å²) in [5.41, 5.74) is -7.57. The van der Waals surface area contributed by atoms with E-state index >= 15 is 0 Å². The molecule has 0 aliphatic heterocycles. The van der Waals surface area contributed by atoms with Crippen molar-refractivity contribution in [2.24, 2.45) is 0 Å². The molecule has 2 aromatic carbocycles. The number of hydrogen-bond acceptors (Lipinski definition) is 1. The number of hydrogen-bond donors (Lipinski definition) is 0. The van der Waals surface area contributed by atoms with Gasteiger partial charge in [-0.15, -0.1) is 0 Å². The van der Waals surface area contributed by atoms with Crippen LogP contribution in [0.1, 0.15) is 22.4 Å². The van der Waals surface area contributed by atoms with Crippen LogP contribution in [-0.4, -0.2) is 4.98 Å². The summed E-state index contributed by atoms with van der Waals surface area (Å²) in [5.74, 6) is 0. The van der Waals surface area contributed by atoms with Crippen LogP contribution in [0.3, 0.4) is 0 Å². The molecular weight excluding hydrogens is 437 g/mol. The van der Waals surface area contributed by atoms with Gasteiger partial charge in [0.1, 0.15) is 0 Å². The van der Waals surface area contributed by atoms with Crippen LogP contribution in [0, 0.1) is 6.92 Å². The van der Waals surface area contributed by atoms with Gasteiger partial charge in [-0.05, 0) is 36.8 Å². The SMILES string of the molecule is Cc1cccc(-c2ccccc2-c2c(C(F)(F)F)cc(C(F)(F)F)cc2C(F)(F)F)n1. The third-order valence-electron chi connectivity index (χ3n) is 4.44. The smallest absolute Gasteiger partial charge is 0.253 e. The number of aryl methyl sites for hydroxylation is 1. The van der Waals surface area contributed by atoms with Gasteiger partial charge in [0.25, 0.3) is 0 Å². The van der Waals surface area contributed by atoms with Crippen molar-refractivity contribution in [3.05, 3.63) is 77.0 Å². The lowest BCUT2D eigenvalue weighted by Crippen LogP contribution is -2.18. The quantitative estimate of drug-likeness (QED) is 0.364. The Balaban J connectivity index is 2.47. The number of nitrogens with zero attached hydrogens (tertiary/aromatic N) is 1. The maximum Gasteiger partial charge on any atom is 0.417 e. The predicted octanol–water partition coefficient (Wildman–Crippen LogP) is 7.78. The molecule has 0 saturated carbocycles. The predicted molar refractivity (Wildman–Crippen MR) is 94.9 cm³/mol. The van der Waals surface area contributed by atoms with Crippen molar-refractivity contribution in [1.29, 1.82) is 0 Å². The minimum atomic E-state index is -5.48. The Bertz CT molecular complexity index is 1070. The van der Waals surface area contributed by atoms with Crippen molar-refractivity contribution < 1.29 is 39.5 Å². The molecule has 0 saturated heterocycles. The number of aromatic nitrogens is 1. The Morgan fingerprint density at radius 2 is 1.13 bits per heavy atom. The highest BCUT2D eigenvalue weighted by Gasteiger charge is 2.45. The average Bonchev–Trinajstić information content (AvgIpc) is 2.65. The zero-order valence-corrected chi connectivity index (χ0v) is 15.5. The second kappa shape index (κ2) is 7.58. The zero-order valence-electron chi connectivity index (χ0n) is 15.5. The first-order chi connectivity index (χ1) is 14.2. The van der Waals surface area contributed by atoms with Crippen molar-refractivity contribution >= 4 is 0 Å². The van der Waals surface area contributed by atoms with Crippen molar-refractivity contribution in [3.63, 3.8) is 0 Å². The van der Waals surface area contributed by atoms with Gasteiger partial charge in [0.05, 0.1) is 22.4 Å². The van der Waals surface area contributed by atoms with Crippen LogP contribution in [-0.2, 0) is 18.5 Å². The molecule has 3 aromatic rings. The minimum absolute atomic E-state index is 0.0803. The molecule has 0 aliphatic rings. The highest BCUT2D eigenvalue weighted by molar-refractivity contribution is 5.86. The van der Waals surface area contributed by atoms with E-state index in [0.717, 1.165) is 6.07 Å². The second-order valence-corrected chi connectivity index (χ2v) is 6.65. The van der Waals surface area contributed by atoms with Gasteiger partial charge in [0.2, 0.25) is 0 Å². The van der Waals surface area contributed by atoms with Crippen LogP contribution in [0.15, 0.2) is 54.6 Å². The maximum absolute atomic E-state index is 13.7. The van der Waals surface area contributed by atoms with Gasteiger partial charge < -0.3 is 0 Å². The summed E-state index contributed by atoms with van der Waals surface area (Å²) in [7, 11) is 0. The molecule has 1 nitrogen and oxygen atoms in total. The fourth-order valence-corrected chi connectivity index (χ4v) is 3.16. The molecule has 164 valence electrons. The first-order valence-electron chi connectivity index (χ1n) is 8.62. The summed E-state index contributed by atoms with van der Waals surface area (Å²) in [6.45, 7) is 1.58. The van der Waals surface area contributed by atoms with Crippen molar-refractivity contribution in [3.8, 4) is 22.4 Å². The zero-order chi connectivity index (χ0) is 23.2. The average molecular weight is 449 g/mol. The van der Waals surface area contributed by atoms with E-state index in [1.165, 1.54) is 30.3 Å². The Morgan fingerprint density at radius 3 is 1.58 bits per heavy atom. The largest absolute Gasteiger partial charge is 0.417 e. The van der Waals surface area contributed by atoms with Crippen LogP contribution >= 0.6 is 0 Å². The number of pyridine rings is 1. The van der Waals surface area contributed by atoms with Gasteiger partial charge in [0, 0.05) is 16.8 Å². The van der Waals surface area contributed by atoms with Crippen LogP contribution in [0.2, 0.25) is 0 Å². The molecule has 3 rings (SSSR count). The summed E-state index contributed by atoms with van der Waals surface area (Å²) in [5, 5.41) is 0.